The van der Waals surface area contributed by atoms with Crippen molar-refractivity contribution in [2.24, 2.45) is 29.6 Å². The molecule has 11 atom stereocenters. The molecule has 3 heterocycles. The molecule has 14 heteroatoms. The number of esters is 1. The zero-order valence-corrected chi connectivity index (χ0v) is 30.1. The molecule has 0 aromatic heterocycles. The van der Waals surface area contributed by atoms with E-state index in [1.54, 1.807) is 27.7 Å². The molecule has 1 aromatic carbocycles. The molecule has 5 N–H and O–H groups in total. The summed E-state index contributed by atoms with van der Waals surface area (Å²) >= 11 is 0. The number of amides is 1. The number of Topliss-reactive ketones (excluding diaryl/α,β-unsaturated/α-hetero) is 2. The van der Waals surface area contributed by atoms with Gasteiger partial charge in [-0.25, -0.2) is 0 Å². The zero-order valence-electron chi connectivity index (χ0n) is 30.1. The van der Waals surface area contributed by atoms with Gasteiger partial charge in [0.2, 0.25) is 11.7 Å². The van der Waals surface area contributed by atoms with E-state index in [9.17, 15) is 44.4 Å². The van der Waals surface area contributed by atoms with E-state index in [1.165, 1.54) is 53.0 Å². The molecular formula is C37H47NO13. The topological polar surface area (TPSA) is 215 Å². The van der Waals surface area contributed by atoms with Gasteiger partial charge in [-0.05, 0) is 13.0 Å². The first-order chi connectivity index (χ1) is 23.8. The lowest BCUT2D eigenvalue weighted by atomic mass is 9.78. The van der Waals surface area contributed by atoms with Crippen molar-refractivity contribution < 1.29 is 63.3 Å². The van der Waals surface area contributed by atoms with Crippen LogP contribution in [0.2, 0.25) is 0 Å². The van der Waals surface area contributed by atoms with Gasteiger partial charge in [0.25, 0.3) is 5.78 Å². The van der Waals surface area contributed by atoms with Crippen molar-refractivity contribution in [3.05, 3.63) is 58.5 Å². The van der Waals surface area contributed by atoms with Crippen LogP contribution in [0.25, 0.3) is 0 Å². The average molecular weight is 714 g/mol. The highest BCUT2D eigenvalue weighted by Crippen LogP contribution is 2.48. The van der Waals surface area contributed by atoms with E-state index in [2.05, 4.69) is 5.32 Å². The lowest BCUT2D eigenvalue weighted by Gasteiger charge is -2.38. The fourth-order valence-corrected chi connectivity index (χ4v) is 6.81. The van der Waals surface area contributed by atoms with E-state index in [4.69, 9.17) is 18.9 Å². The van der Waals surface area contributed by atoms with Crippen LogP contribution < -0.4 is 10.1 Å². The third-order valence-corrected chi connectivity index (χ3v) is 10.2. The number of phenolic OH excluding ortho intramolecular Hbond substituents is 1. The Morgan fingerprint density at radius 3 is 2.16 bits per heavy atom. The second kappa shape index (κ2) is 15.1. The first-order valence-electron chi connectivity index (χ1n) is 16.8. The highest BCUT2D eigenvalue weighted by atomic mass is 16.7. The molecule has 14 nitrogen and oxygen atoms in total. The van der Waals surface area contributed by atoms with Crippen LogP contribution in [0, 0.1) is 36.5 Å². The lowest BCUT2D eigenvalue weighted by molar-refractivity contribution is -0.160. The molecule has 5 rings (SSSR count). The van der Waals surface area contributed by atoms with Crippen LogP contribution in [0.15, 0.2) is 36.3 Å². The summed E-state index contributed by atoms with van der Waals surface area (Å²) in [6.45, 7) is 12.0. The van der Waals surface area contributed by atoms with Gasteiger partial charge in [-0.3, -0.25) is 24.0 Å². The maximum Gasteiger partial charge on any atom is 0.312 e. The molecule has 51 heavy (non-hydrogen) atoms. The number of carbonyl (C=O) groups is 5. The summed E-state index contributed by atoms with van der Waals surface area (Å²) in [7, 11) is 1.40. The number of phenols is 1. The van der Waals surface area contributed by atoms with Crippen LogP contribution in [-0.4, -0.2) is 93.1 Å². The number of nitrogens with one attached hydrogen (secondary N) is 1. The summed E-state index contributed by atoms with van der Waals surface area (Å²) in [5.74, 6) is -10.8. The highest BCUT2D eigenvalue weighted by Gasteiger charge is 2.51. The standard InChI is InChI=1S/C37H47NO13/c1-15-10-11-23(40)16(2)36(47)38-22-14-24(41)26-27(32(22)45)31(44)20(6)34-28(26)35(46)37(8,51-34)49-13-12-25(48-9)17(3)33(50-21(7)39)19(5)30(43)18(4)29(15)42/h10-19,23,25,29-30,33,40,42-44H,1-9H3,(H,38,47)/b11-10-,13-12-/t15-,16?,17+,18+,19+,23?,25-,29-,30+,33+,37-/m0/s1. The largest absolute Gasteiger partial charge is 0.507 e. The summed E-state index contributed by atoms with van der Waals surface area (Å²) in [5, 5.41) is 46.9. The predicted molar refractivity (Wildman–Crippen MR) is 181 cm³/mol. The van der Waals surface area contributed by atoms with Crippen molar-refractivity contribution in [2.75, 3.05) is 7.11 Å². The molecule has 1 aliphatic carbocycles. The molecule has 3 aliphatic heterocycles. The Balaban J connectivity index is 1.82. The van der Waals surface area contributed by atoms with E-state index >= 15 is 0 Å². The third kappa shape index (κ3) is 7.36. The molecule has 4 aliphatic rings. The normalized spacial score (nSPS) is 36.0. The second-order valence-electron chi connectivity index (χ2n) is 13.8. The fraction of sp³-hybridized carbons (Fsp3) is 0.541. The van der Waals surface area contributed by atoms with Crippen molar-refractivity contribution in [3.63, 3.8) is 0 Å². The lowest BCUT2D eigenvalue weighted by Crippen LogP contribution is -2.46. The van der Waals surface area contributed by atoms with E-state index in [0.29, 0.717) is 0 Å². The Hall–Kier alpha value is -4.37. The minimum Gasteiger partial charge on any atom is -0.507 e. The molecule has 5 bridgehead atoms. The van der Waals surface area contributed by atoms with Gasteiger partial charge in [0, 0.05) is 56.3 Å². The summed E-state index contributed by atoms with van der Waals surface area (Å²) in [5.41, 5.74) is -1.67. The van der Waals surface area contributed by atoms with Gasteiger partial charge in [0.05, 0.1) is 59.0 Å². The van der Waals surface area contributed by atoms with E-state index in [0.717, 1.165) is 12.3 Å². The van der Waals surface area contributed by atoms with Gasteiger partial charge < -0.3 is 44.7 Å². The van der Waals surface area contributed by atoms with Gasteiger partial charge >= 0.3 is 11.8 Å². The van der Waals surface area contributed by atoms with E-state index in [1.807, 2.05) is 0 Å². The van der Waals surface area contributed by atoms with Crippen LogP contribution in [-0.2, 0) is 23.8 Å². The van der Waals surface area contributed by atoms with Crippen molar-refractivity contribution in [2.45, 2.75) is 91.7 Å². The summed E-state index contributed by atoms with van der Waals surface area (Å²) < 4.78 is 23.0. The maximum absolute atomic E-state index is 13.9. The fourth-order valence-electron chi connectivity index (χ4n) is 6.81. The molecule has 0 radical (unpaired) electrons. The predicted octanol–water partition coefficient (Wildman–Crippen LogP) is 2.68. The second-order valence-corrected chi connectivity index (χ2v) is 13.8. The Morgan fingerprint density at radius 1 is 0.902 bits per heavy atom. The highest BCUT2D eigenvalue weighted by molar-refractivity contribution is 6.30. The number of hydrogen-bond donors (Lipinski definition) is 5. The van der Waals surface area contributed by atoms with Gasteiger partial charge in [-0.2, -0.15) is 0 Å². The van der Waals surface area contributed by atoms with Crippen LogP contribution >= 0.6 is 0 Å². The summed E-state index contributed by atoms with van der Waals surface area (Å²) in [4.78, 5) is 66.4. The number of methoxy groups -OCH3 is 1. The Bertz CT molecular complexity index is 1690. The Kier molecular flexibility index (Phi) is 11.7. The smallest absolute Gasteiger partial charge is 0.312 e. The van der Waals surface area contributed by atoms with E-state index in [-0.39, 0.29) is 16.9 Å². The molecule has 0 fully saturated rings. The maximum atomic E-state index is 13.9. The Labute approximate surface area is 296 Å². The van der Waals surface area contributed by atoms with Gasteiger partial charge in [0.15, 0.2) is 5.78 Å². The molecule has 0 saturated carbocycles. The number of ether oxygens (including phenoxy) is 4. The van der Waals surface area contributed by atoms with Gasteiger partial charge in [-0.15, -0.1) is 0 Å². The number of aliphatic hydroxyl groups excluding tert-OH is 3. The first kappa shape index (κ1) is 39.4. The molecule has 278 valence electrons. The number of rotatable bonds is 2. The molecule has 0 saturated heterocycles. The van der Waals surface area contributed by atoms with Gasteiger partial charge in [-0.1, -0.05) is 46.8 Å². The minimum atomic E-state index is -2.05. The molecule has 1 aromatic rings. The van der Waals surface area contributed by atoms with Crippen LogP contribution in [0.5, 0.6) is 11.5 Å². The number of benzene rings is 1. The number of allylic oxidation sites excluding steroid dienone is 2. The minimum absolute atomic E-state index is 0.0210. The van der Waals surface area contributed by atoms with Crippen LogP contribution in [0.4, 0.5) is 0 Å². The zero-order chi connectivity index (χ0) is 38.3. The number of fused-ring (bicyclic) bond motifs is 15. The summed E-state index contributed by atoms with van der Waals surface area (Å²) in [6, 6.07) is 0. The first-order valence-corrected chi connectivity index (χ1v) is 16.8. The molecule has 1 amide bonds. The van der Waals surface area contributed by atoms with Crippen molar-refractivity contribution in [1.29, 1.82) is 0 Å². The number of carbonyl (C=O) groups excluding carboxylic acids is 5. The van der Waals surface area contributed by atoms with Crippen molar-refractivity contribution in [3.8, 4) is 11.5 Å². The van der Waals surface area contributed by atoms with Crippen molar-refractivity contribution >= 4 is 29.2 Å². The molecule has 2 unspecified atom stereocenters. The summed E-state index contributed by atoms with van der Waals surface area (Å²) in [6.07, 6.45) is 0.781. The van der Waals surface area contributed by atoms with E-state index < -0.39 is 118 Å². The Morgan fingerprint density at radius 2 is 1.55 bits per heavy atom. The van der Waals surface area contributed by atoms with Crippen LogP contribution in [0.1, 0.15) is 85.1 Å². The number of aliphatic hydroxyl groups is 3. The molecular weight excluding hydrogens is 666 g/mol. The molecule has 0 spiro atoms. The quantitative estimate of drug-likeness (QED) is 0.220. The van der Waals surface area contributed by atoms with Gasteiger partial charge in [0.1, 0.15) is 17.6 Å². The SMILES string of the molecule is CO[C@H]1/C=C\O[C@@]2(C)Oc3c(C)c(O)c4c(c3C2=O)C(=O)C=C(NC(=O)C(C)C(O)/C=C\[C@H](C)[C@H](O)[C@@H](C)[C@@H](O)[C@@H](C)[C@H](OC(C)=O)[C@@H]1C)C4=O. The average Bonchev–Trinajstić information content (AvgIpc) is 3.35. The van der Waals surface area contributed by atoms with Crippen LogP contribution in [0.3, 0.4) is 0 Å². The number of hydrogen-bond acceptors (Lipinski definition) is 13. The monoisotopic (exact) mass is 713 g/mol. The third-order valence-electron chi connectivity index (χ3n) is 10.2. The van der Waals surface area contributed by atoms with Crippen molar-refractivity contribution in [1.82, 2.24) is 5.32 Å². The number of aromatic hydroxyl groups is 1. The number of ketones is 3.